The van der Waals surface area contributed by atoms with E-state index in [2.05, 4.69) is 23.6 Å². The summed E-state index contributed by atoms with van der Waals surface area (Å²) in [7, 11) is 0. The Morgan fingerprint density at radius 1 is 1.53 bits per heavy atom. The first kappa shape index (κ1) is 10.2. The van der Waals surface area contributed by atoms with E-state index in [4.69, 9.17) is 0 Å². The van der Waals surface area contributed by atoms with Crippen molar-refractivity contribution >= 4 is 5.91 Å². The highest BCUT2D eigenvalue weighted by Crippen LogP contribution is 2.07. The van der Waals surface area contributed by atoms with Gasteiger partial charge >= 0.3 is 0 Å². The van der Waals surface area contributed by atoms with Gasteiger partial charge in [-0.05, 0) is 31.0 Å². The first-order valence-corrected chi connectivity index (χ1v) is 5.33. The van der Waals surface area contributed by atoms with Gasteiger partial charge in [0.1, 0.15) is 0 Å². The van der Waals surface area contributed by atoms with Crippen molar-refractivity contribution in [3.8, 4) is 0 Å². The van der Waals surface area contributed by atoms with Gasteiger partial charge < -0.3 is 10.6 Å². The van der Waals surface area contributed by atoms with Crippen LogP contribution in [0.5, 0.6) is 0 Å². The molecular formula is C12H16N2O. The van der Waals surface area contributed by atoms with Crippen LogP contribution in [-0.4, -0.2) is 18.5 Å². The fourth-order valence-corrected chi connectivity index (χ4v) is 1.63. The van der Waals surface area contributed by atoms with Gasteiger partial charge in [0.05, 0.1) is 6.04 Å². The van der Waals surface area contributed by atoms with Gasteiger partial charge in [-0.3, -0.25) is 4.79 Å². The summed E-state index contributed by atoms with van der Waals surface area (Å²) >= 11 is 0. The minimum atomic E-state index is 0.0361. The molecule has 2 rings (SSSR count). The van der Waals surface area contributed by atoms with E-state index < -0.39 is 0 Å². The number of benzene rings is 1. The molecule has 3 heteroatoms. The van der Waals surface area contributed by atoms with Crippen LogP contribution in [0.25, 0.3) is 0 Å². The summed E-state index contributed by atoms with van der Waals surface area (Å²) in [5.74, 6) is 0.115. The molecule has 0 aliphatic carbocycles. The van der Waals surface area contributed by atoms with Crippen molar-refractivity contribution < 1.29 is 4.79 Å². The van der Waals surface area contributed by atoms with Gasteiger partial charge in [0, 0.05) is 6.54 Å². The molecule has 0 saturated carbocycles. The van der Waals surface area contributed by atoms with Crippen LogP contribution >= 0.6 is 0 Å². The zero-order chi connectivity index (χ0) is 10.7. The highest BCUT2D eigenvalue weighted by atomic mass is 16.2. The SMILES string of the molecule is Cc1ccccc1CNC(=O)[C@H]1CCN1. The van der Waals surface area contributed by atoms with E-state index in [1.165, 1.54) is 11.1 Å². The Kier molecular flexibility index (Phi) is 3.02. The van der Waals surface area contributed by atoms with Gasteiger partial charge in [0.15, 0.2) is 0 Å². The number of aryl methyl sites for hydroxylation is 1. The Balaban J connectivity index is 1.87. The van der Waals surface area contributed by atoms with Crippen molar-refractivity contribution in [2.75, 3.05) is 6.54 Å². The van der Waals surface area contributed by atoms with E-state index in [9.17, 15) is 4.79 Å². The van der Waals surface area contributed by atoms with Crippen LogP contribution in [0.1, 0.15) is 17.5 Å². The van der Waals surface area contributed by atoms with Crippen LogP contribution in [-0.2, 0) is 11.3 Å². The molecule has 1 aliphatic rings. The third kappa shape index (κ3) is 2.36. The summed E-state index contributed by atoms with van der Waals surface area (Å²) in [6, 6.07) is 8.14. The van der Waals surface area contributed by atoms with Crippen LogP contribution < -0.4 is 10.6 Å². The lowest BCUT2D eigenvalue weighted by molar-refractivity contribution is -0.124. The Hall–Kier alpha value is -1.35. The highest BCUT2D eigenvalue weighted by molar-refractivity contribution is 5.82. The van der Waals surface area contributed by atoms with Crippen LogP contribution in [0, 0.1) is 6.92 Å². The maximum absolute atomic E-state index is 11.5. The van der Waals surface area contributed by atoms with Gasteiger partial charge in [0.25, 0.3) is 0 Å². The lowest BCUT2D eigenvalue weighted by Gasteiger charge is -2.26. The topological polar surface area (TPSA) is 41.1 Å². The summed E-state index contributed by atoms with van der Waals surface area (Å²) in [5, 5.41) is 6.02. The van der Waals surface area contributed by atoms with E-state index in [0.29, 0.717) is 6.54 Å². The van der Waals surface area contributed by atoms with Crippen molar-refractivity contribution in [2.24, 2.45) is 0 Å². The quantitative estimate of drug-likeness (QED) is 0.770. The van der Waals surface area contributed by atoms with Crippen molar-refractivity contribution in [2.45, 2.75) is 25.9 Å². The minimum absolute atomic E-state index is 0.0361. The molecule has 1 fully saturated rings. The molecule has 0 bridgehead atoms. The van der Waals surface area contributed by atoms with E-state index in [1.807, 2.05) is 18.2 Å². The molecular weight excluding hydrogens is 188 g/mol. The molecule has 1 aliphatic heterocycles. The Morgan fingerprint density at radius 2 is 2.27 bits per heavy atom. The minimum Gasteiger partial charge on any atom is -0.351 e. The Labute approximate surface area is 89.9 Å². The third-order valence-electron chi connectivity index (χ3n) is 2.85. The standard InChI is InChI=1S/C12H16N2O/c1-9-4-2-3-5-10(9)8-14-12(15)11-6-7-13-11/h2-5,11,13H,6-8H2,1H3,(H,14,15)/t11-/m1/s1. The summed E-state index contributed by atoms with van der Waals surface area (Å²) in [6.45, 7) is 3.65. The monoisotopic (exact) mass is 204 g/mol. The second-order valence-corrected chi connectivity index (χ2v) is 3.94. The molecule has 80 valence electrons. The van der Waals surface area contributed by atoms with Crippen LogP contribution in [0.2, 0.25) is 0 Å². The van der Waals surface area contributed by atoms with Crippen molar-refractivity contribution in [1.82, 2.24) is 10.6 Å². The zero-order valence-corrected chi connectivity index (χ0v) is 8.92. The summed E-state index contributed by atoms with van der Waals surface area (Å²) in [6.07, 6.45) is 0.958. The number of carbonyl (C=O) groups excluding carboxylic acids is 1. The largest absolute Gasteiger partial charge is 0.351 e. The van der Waals surface area contributed by atoms with E-state index in [-0.39, 0.29) is 11.9 Å². The van der Waals surface area contributed by atoms with Crippen LogP contribution in [0.4, 0.5) is 0 Å². The van der Waals surface area contributed by atoms with Gasteiger partial charge in [-0.15, -0.1) is 0 Å². The maximum Gasteiger partial charge on any atom is 0.237 e. The molecule has 1 aromatic rings. The van der Waals surface area contributed by atoms with E-state index >= 15 is 0 Å². The molecule has 0 spiro atoms. The lowest BCUT2D eigenvalue weighted by Crippen LogP contribution is -2.52. The molecule has 1 atom stereocenters. The average molecular weight is 204 g/mol. The van der Waals surface area contributed by atoms with Gasteiger partial charge in [-0.2, -0.15) is 0 Å². The predicted molar refractivity (Wildman–Crippen MR) is 59.4 cm³/mol. The molecule has 15 heavy (non-hydrogen) atoms. The summed E-state index contributed by atoms with van der Waals surface area (Å²) in [4.78, 5) is 11.5. The molecule has 0 unspecified atom stereocenters. The smallest absolute Gasteiger partial charge is 0.237 e. The van der Waals surface area contributed by atoms with Crippen molar-refractivity contribution in [3.63, 3.8) is 0 Å². The first-order valence-electron chi connectivity index (χ1n) is 5.33. The van der Waals surface area contributed by atoms with Gasteiger partial charge in [-0.1, -0.05) is 24.3 Å². The molecule has 1 saturated heterocycles. The normalized spacial score (nSPS) is 19.4. The molecule has 2 N–H and O–H groups in total. The molecule has 0 aromatic heterocycles. The van der Waals surface area contributed by atoms with E-state index in [0.717, 1.165) is 13.0 Å². The van der Waals surface area contributed by atoms with E-state index in [1.54, 1.807) is 0 Å². The second kappa shape index (κ2) is 4.45. The fraction of sp³-hybridized carbons (Fsp3) is 0.417. The lowest BCUT2D eigenvalue weighted by atomic mass is 10.1. The number of carbonyl (C=O) groups is 1. The molecule has 1 amide bonds. The van der Waals surface area contributed by atoms with Crippen molar-refractivity contribution in [1.29, 1.82) is 0 Å². The third-order valence-corrected chi connectivity index (χ3v) is 2.85. The van der Waals surface area contributed by atoms with Crippen LogP contribution in [0.15, 0.2) is 24.3 Å². The second-order valence-electron chi connectivity index (χ2n) is 3.94. The van der Waals surface area contributed by atoms with Gasteiger partial charge in [-0.25, -0.2) is 0 Å². The first-order chi connectivity index (χ1) is 7.27. The fourth-order valence-electron chi connectivity index (χ4n) is 1.63. The Bertz CT molecular complexity index is 358. The number of nitrogens with one attached hydrogen (secondary N) is 2. The summed E-state index contributed by atoms with van der Waals surface area (Å²) < 4.78 is 0. The number of rotatable bonds is 3. The molecule has 3 nitrogen and oxygen atoms in total. The van der Waals surface area contributed by atoms with Crippen molar-refractivity contribution in [3.05, 3.63) is 35.4 Å². The molecule has 0 radical (unpaired) electrons. The average Bonchev–Trinajstić information content (AvgIpc) is 2.14. The summed E-state index contributed by atoms with van der Waals surface area (Å²) in [5.41, 5.74) is 2.41. The molecule has 1 aromatic carbocycles. The number of hydrogen-bond acceptors (Lipinski definition) is 2. The maximum atomic E-state index is 11.5. The van der Waals surface area contributed by atoms with Gasteiger partial charge in [0.2, 0.25) is 5.91 Å². The molecule has 1 heterocycles. The van der Waals surface area contributed by atoms with Crippen LogP contribution in [0.3, 0.4) is 0 Å². The predicted octanol–water partition coefficient (Wildman–Crippen LogP) is 0.973. The Morgan fingerprint density at radius 3 is 2.87 bits per heavy atom. The number of amides is 1. The number of hydrogen-bond donors (Lipinski definition) is 2. The highest BCUT2D eigenvalue weighted by Gasteiger charge is 2.23. The zero-order valence-electron chi connectivity index (χ0n) is 8.92.